The quantitative estimate of drug-likeness (QED) is 0.788. The van der Waals surface area contributed by atoms with Crippen molar-refractivity contribution in [3.05, 3.63) is 29.6 Å². The van der Waals surface area contributed by atoms with Crippen LogP contribution in [0.1, 0.15) is 30.5 Å². The number of aromatic nitrogens is 1. The van der Waals surface area contributed by atoms with E-state index in [0.29, 0.717) is 0 Å². The van der Waals surface area contributed by atoms with E-state index in [1.54, 1.807) is 0 Å². The van der Waals surface area contributed by atoms with Gasteiger partial charge in [0.15, 0.2) is 0 Å². The summed E-state index contributed by atoms with van der Waals surface area (Å²) in [6.45, 7) is 4.14. The Morgan fingerprint density at radius 1 is 1.43 bits per heavy atom. The topological polar surface area (TPSA) is 24.9 Å². The minimum Gasteiger partial charge on any atom is -0.311 e. The Morgan fingerprint density at radius 3 is 2.86 bits per heavy atom. The van der Waals surface area contributed by atoms with E-state index in [-0.39, 0.29) is 0 Å². The van der Waals surface area contributed by atoms with Gasteiger partial charge < -0.3 is 5.32 Å². The summed E-state index contributed by atoms with van der Waals surface area (Å²) in [5.41, 5.74) is 2.38. The second-order valence-corrected chi connectivity index (χ2v) is 4.25. The Labute approximate surface area is 85.7 Å². The molecule has 0 amide bonds. The second-order valence-electron chi connectivity index (χ2n) is 4.25. The molecule has 1 aromatic heterocycles. The summed E-state index contributed by atoms with van der Waals surface area (Å²) in [7, 11) is 0. The molecule has 76 valence electrons. The van der Waals surface area contributed by atoms with Gasteiger partial charge in [-0.3, -0.25) is 4.98 Å². The zero-order chi connectivity index (χ0) is 9.80. The largest absolute Gasteiger partial charge is 0.311 e. The fourth-order valence-corrected chi connectivity index (χ4v) is 1.70. The van der Waals surface area contributed by atoms with Gasteiger partial charge in [-0.25, -0.2) is 0 Å². The highest BCUT2D eigenvalue weighted by molar-refractivity contribution is 5.11. The van der Waals surface area contributed by atoms with E-state index in [0.717, 1.165) is 24.7 Å². The molecule has 1 aliphatic carbocycles. The summed E-state index contributed by atoms with van der Waals surface area (Å²) in [6, 6.07) is 4.22. The molecule has 1 fully saturated rings. The third-order valence-corrected chi connectivity index (χ3v) is 2.94. The summed E-state index contributed by atoms with van der Waals surface area (Å²) < 4.78 is 0. The van der Waals surface area contributed by atoms with E-state index in [1.165, 1.54) is 24.8 Å². The Kier molecular flexibility index (Phi) is 3.14. The minimum atomic E-state index is 0.913. The number of pyridine rings is 1. The van der Waals surface area contributed by atoms with Gasteiger partial charge in [0.05, 0.1) is 5.69 Å². The molecule has 0 atom stereocenters. The molecule has 1 heterocycles. The molecule has 0 aliphatic heterocycles. The first-order valence-electron chi connectivity index (χ1n) is 5.47. The molecule has 2 rings (SSSR count). The van der Waals surface area contributed by atoms with Gasteiger partial charge >= 0.3 is 0 Å². The van der Waals surface area contributed by atoms with Gasteiger partial charge in [-0.1, -0.05) is 12.5 Å². The Balaban J connectivity index is 1.71. The van der Waals surface area contributed by atoms with Crippen molar-refractivity contribution in [2.24, 2.45) is 5.92 Å². The Hall–Kier alpha value is -0.890. The van der Waals surface area contributed by atoms with Gasteiger partial charge in [0.2, 0.25) is 0 Å². The van der Waals surface area contributed by atoms with Crippen LogP contribution in [0.25, 0.3) is 0 Å². The molecule has 2 heteroatoms. The number of aryl methyl sites for hydroxylation is 1. The van der Waals surface area contributed by atoms with Crippen molar-refractivity contribution in [2.75, 3.05) is 6.54 Å². The first kappa shape index (κ1) is 9.66. The lowest BCUT2D eigenvalue weighted by Crippen LogP contribution is -2.27. The van der Waals surface area contributed by atoms with Gasteiger partial charge in [-0.05, 0) is 43.9 Å². The molecule has 1 N–H and O–H groups in total. The molecule has 0 radical (unpaired) electrons. The number of hydrogen-bond donors (Lipinski definition) is 1. The maximum atomic E-state index is 4.36. The monoisotopic (exact) mass is 190 g/mol. The molecular weight excluding hydrogens is 172 g/mol. The lowest BCUT2D eigenvalue weighted by Gasteiger charge is -2.25. The maximum absolute atomic E-state index is 4.36. The van der Waals surface area contributed by atoms with Crippen molar-refractivity contribution < 1.29 is 0 Å². The van der Waals surface area contributed by atoms with E-state index in [9.17, 15) is 0 Å². The van der Waals surface area contributed by atoms with E-state index >= 15 is 0 Å². The predicted molar refractivity (Wildman–Crippen MR) is 58.0 cm³/mol. The molecule has 1 saturated carbocycles. The van der Waals surface area contributed by atoms with Crippen LogP contribution in [0, 0.1) is 12.8 Å². The third-order valence-electron chi connectivity index (χ3n) is 2.94. The molecule has 1 aliphatic rings. The maximum Gasteiger partial charge on any atom is 0.0541 e. The van der Waals surface area contributed by atoms with Gasteiger partial charge in [0.25, 0.3) is 0 Å². The van der Waals surface area contributed by atoms with Crippen LogP contribution in [-0.4, -0.2) is 11.5 Å². The SMILES string of the molecule is Cc1ccc(CNCC2CCC2)nc1. The average molecular weight is 190 g/mol. The number of rotatable bonds is 4. The van der Waals surface area contributed by atoms with Crippen molar-refractivity contribution in [2.45, 2.75) is 32.7 Å². The fourth-order valence-electron chi connectivity index (χ4n) is 1.70. The van der Waals surface area contributed by atoms with Crippen LogP contribution in [0.15, 0.2) is 18.3 Å². The van der Waals surface area contributed by atoms with E-state index in [2.05, 4.69) is 29.4 Å². The van der Waals surface area contributed by atoms with Gasteiger partial charge in [0.1, 0.15) is 0 Å². The van der Waals surface area contributed by atoms with Crippen molar-refractivity contribution >= 4 is 0 Å². The van der Waals surface area contributed by atoms with Crippen LogP contribution < -0.4 is 5.32 Å². The number of nitrogens with one attached hydrogen (secondary N) is 1. The Bertz CT molecular complexity index is 275. The lowest BCUT2D eigenvalue weighted by molar-refractivity contribution is 0.301. The van der Waals surface area contributed by atoms with Crippen LogP contribution >= 0.6 is 0 Å². The van der Waals surface area contributed by atoms with E-state index in [4.69, 9.17) is 0 Å². The standard InChI is InChI=1S/C12H18N2/c1-10-5-6-12(14-7-10)9-13-8-11-3-2-4-11/h5-7,11,13H,2-4,8-9H2,1H3. The fraction of sp³-hybridized carbons (Fsp3) is 0.583. The average Bonchev–Trinajstić information content (AvgIpc) is 2.12. The zero-order valence-corrected chi connectivity index (χ0v) is 8.79. The van der Waals surface area contributed by atoms with Gasteiger partial charge in [-0.2, -0.15) is 0 Å². The number of hydrogen-bond acceptors (Lipinski definition) is 2. The lowest BCUT2D eigenvalue weighted by atomic mass is 9.85. The van der Waals surface area contributed by atoms with Crippen molar-refractivity contribution in [1.82, 2.24) is 10.3 Å². The molecule has 0 spiro atoms. The smallest absolute Gasteiger partial charge is 0.0541 e. The van der Waals surface area contributed by atoms with Crippen LogP contribution in [-0.2, 0) is 6.54 Å². The third kappa shape index (κ3) is 2.55. The minimum absolute atomic E-state index is 0.913. The van der Waals surface area contributed by atoms with Crippen LogP contribution in [0.5, 0.6) is 0 Å². The first-order valence-corrected chi connectivity index (χ1v) is 5.47. The highest BCUT2D eigenvalue weighted by atomic mass is 14.9. The predicted octanol–water partition coefficient (Wildman–Crippen LogP) is 2.28. The molecule has 14 heavy (non-hydrogen) atoms. The highest BCUT2D eigenvalue weighted by Gasteiger charge is 2.16. The van der Waals surface area contributed by atoms with Crippen molar-refractivity contribution in [3.63, 3.8) is 0 Å². The normalized spacial score (nSPS) is 16.6. The zero-order valence-electron chi connectivity index (χ0n) is 8.79. The molecule has 0 saturated heterocycles. The Morgan fingerprint density at radius 2 is 2.29 bits per heavy atom. The molecule has 1 aromatic rings. The molecule has 2 nitrogen and oxygen atoms in total. The molecule has 0 aromatic carbocycles. The second kappa shape index (κ2) is 4.56. The van der Waals surface area contributed by atoms with E-state index in [1.807, 2.05) is 6.20 Å². The van der Waals surface area contributed by atoms with Crippen LogP contribution in [0.3, 0.4) is 0 Å². The summed E-state index contributed by atoms with van der Waals surface area (Å²) in [5.74, 6) is 0.931. The summed E-state index contributed by atoms with van der Waals surface area (Å²) in [6.07, 6.45) is 6.18. The molecule has 0 bridgehead atoms. The van der Waals surface area contributed by atoms with Gasteiger partial charge in [0, 0.05) is 12.7 Å². The molecule has 0 unspecified atom stereocenters. The summed E-state index contributed by atoms with van der Waals surface area (Å²) in [5, 5.41) is 3.46. The van der Waals surface area contributed by atoms with Crippen molar-refractivity contribution in [3.8, 4) is 0 Å². The van der Waals surface area contributed by atoms with Crippen LogP contribution in [0.2, 0.25) is 0 Å². The summed E-state index contributed by atoms with van der Waals surface area (Å²) in [4.78, 5) is 4.36. The first-order chi connectivity index (χ1) is 6.84. The van der Waals surface area contributed by atoms with E-state index < -0.39 is 0 Å². The van der Waals surface area contributed by atoms with Gasteiger partial charge in [-0.15, -0.1) is 0 Å². The van der Waals surface area contributed by atoms with Crippen molar-refractivity contribution in [1.29, 1.82) is 0 Å². The van der Waals surface area contributed by atoms with Crippen LogP contribution in [0.4, 0.5) is 0 Å². The number of nitrogens with zero attached hydrogens (tertiary/aromatic N) is 1. The highest BCUT2D eigenvalue weighted by Crippen LogP contribution is 2.25. The molecular formula is C12H18N2. The summed E-state index contributed by atoms with van der Waals surface area (Å²) >= 11 is 0.